The molecular formula is C14H21N3O2. The molecule has 0 bridgehead atoms. The molecule has 1 amide bonds. The van der Waals surface area contributed by atoms with Crippen molar-refractivity contribution in [2.45, 2.75) is 33.7 Å². The number of aryl methyl sites for hydroxylation is 1. The van der Waals surface area contributed by atoms with Gasteiger partial charge in [0.25, 0.3) is 0 Å². The van der Waals surface area contributed by atoms with Crippen LogP contribution in [0.2, 0.25) is 0 Å². The molecule has 0 aliphatic rings. The molecule has 0 spiro atoms. The van der Waals surface area contributed by atoms with E-state index in [4.69, 9.17) is 10.9 Å². The van der Waals surface area contributed by atoms with Crippen LogP contribution in [-0.2, 0) is 11.3 Å². The van der Waals surface area contributed by atoms with Crippen molar-refractivity contribution in [3.8, 4) is 0 Å². The first-order valence-electron chi connectivity index (χ1n) is 6.26. The second kappa shape index (κ2) is 6.22. The number of carbonyl (C=O) groups excluding carboxylic acids is 1. The van der Waals surface area contributed by atoms with Gasteiger partial charge in [0.2, 0.25) is 5.91 Å². The highest BCUT2D eigenvalue weighted by Gasteiger charge is 2.36. The van der Waals surface area contributed by atoms with Crippen molar-refractivity contribution >= 4 is 11.7 Å². The molecule has 1 aromatic rings. The predicted octanol–water partition coefficient (Wildman–Crippen LogP) is 1.77. The summed E-state index contributed by atoms with van der Waals surface area (Å²) in [5.41, 5.74) is 6.78. The predicted molar refractivity (Wildman–Crippen MR) is 74.8 cm³/mol. The third kappa shape index (κ3) is 3.24. The largest absolute Gasteiger partial charge is 0.409 e. The Morgan fingerprint density at radius 3 is 2.63 bits per heavy atom. The standard InChI is InChI=1S/C14H21N3O2/c1-4-14(3,12(15)17-19)13(18)16-9-11-8-6-5-7-10(11)2/h5-8,19H,4,9H2,1-3H3,(H2,15,17)(H,16,18). The number of nitrogens with one attached hydrogen (secondary N) is 1. The van der Waals surface area contributed by atoms with E-state index in [0.717, 1.165) is 11.1 Å². The molecule has 0 aliphatic heterocycles. The molecule has 0 saturated heterocycles. The molecular weight excluding hydrogens is 242 g/mol. The molecule has 4 N–H and O–H groups in total. The topological polar surface area (TPSA) is 87.7 Å². The summed E-state index contributed by atoms with van der Waals surface area (Å²) >= 11 is 0. The Morgan fingerprint density at radius 2 is 2.11 bits per heavy atom. The average molecular weight is 263 g/mol. The summed E-state index contributed by atoms with van der Waals surface area (Å²) in [4.78, 5) is 12.2. The normalized spacial score (nSPS) is 14.8. The third-order valence-electron chi connectivity index (χ3n) is 3.58. The Balaban J connectivity index is 2.78. The number of amides is 1. The van der Waals surface area contributed by atoms with Crippen molar-refractivity contribution in [1.29, 1.82) is 0 Å². The van der Waals surface area contributed by atoms with E-state index in [1.165, 1.54) is 0 Å². The summed E-state index contributed by atoms with van der Waals surface area (Å²) in [5.74, 6) is -0.314. The molecule has 0 radical (unpaired) electrons. The summed E-state index contributed by atoms with van der Waals surface area (Å²) in [7, 11) is 0. The van der Waals surface area contributed by atoms with Gasteiger partial charge in [0.05, 0.1) is 0 Å². The van der Waals surface area contributed by atoms with Crippen LogP contribution in [0.25, 0.3) is 0 Å². The van der Waals surface area contributed by atoms with Gasteiger partial charge in [-0.1, -0.05) is 36.3 Å². The first kappa shape index (κ1) is 15.0. The second-order valence-electron chi connectivity index (χ2n) is 4.78. The SMILES string of the molecule is CCC(C)(C(=O)NCc1ccccc1C)/C(N)=N/O. The lowest BCUT2D eigenvalue weighted by Gasteiger charge is -2.25. The van der Waals surface area contributed by atoms with Crippen LogP contribution in [0.4, 0.5) is 0 Å². The fourth-order valence-electron chi connectivity index (χ4n) is 1.75. The van der Waals surface area contributed by atoms with E-state index in [-0.39, 0.29) is 11.7 Å². The van der Waals surface area contributed by atoms with E-state index in [9.17, 15) is 4.79 Å². The van der Waals surface area contributed by atoms with E-state index in [0.29, 0.717) is 13.0 Å². The van der Waals surface area contributed by atoms with Crippen molar-refractivity contribution in [1.82, 2.24) is 5.32 Å². The van der Waals surface area contributed by atoms with Gasteiger partial charge >= 0.3 is 0 Å². The van der Waals surface area contributed by atoms with Crippen LogP contribution < -0.4 is 11.1 Å². The van der Waals surface area contributed by atoms with Crippen LogP contribution in [0, 0.1) is 12.3 Å². The molecule has 0 fully saturated rings. The summed E-state index contributed by atoms with van der Waals surface area (Å²) in [5, 5.41) is 14.6. The van der Waals surface area contributed by atoms with Gasteiger partial charge in [0.1, 0.15) is 5.41 Å². The zero-order valence-electron chi connectivity index (χ0n) is 11.6. The average Bonchev–Trinajstić information content (AvgIpc) is 2.44. The van der Waals surface area contributed by atoms with E-state index in [1.807, 2.05) is 38.1 Å². The molecule has 5 heteroatoms. The minimum Gasteiger partial charge on any atom is -0.409 e. The highest BCUT2D eigenvalue weighted by molar-refractivity contribution is 6.06. The van der Waals surface area contributed by atoms with Gasteiger partial charge in [-0.05, 0) is 31.4 Å². The maximum Gasteiger partial charge on any atom is 0.233 e. The number of oxime groups is 1. The number of amidine groups is 1. The molecule has 19 heavy (non-hydrogen) atoms. The summed E-state index contributed by atoms with van der Waals surface area (Å²) in [6.07, 6.45) is 0.461. The monoisotopic (exact) mass is 263 g/mol. The maximum atomic E-state index is 12.2. The quantitative estimate of drug-likeness (QED) is 0.327. The zero-order valence-corrected chi connectivity index (χ0v) is 11.6. The van der Waals surface area contributed by atoms with Gasteiger partial charge in [-0.15, -0.1) is 0 Å². The van der Waals surface area contributed by atoms with Gasteiger partial charge < -0.3 is 16.3 Å². The lowest BCUT2D eigenvalue weighted by Crippen LogP contribution is -2.47. The van der Waals surface area contributed by atoms with Crippen molar-refractivity contribution in [3.63, 3.8) is 0 Å². The van der Waals surface area contributed by atoms with E-state index >= 15 is 0 Å². The number of nitrogens with zero attached hydrogens (tertiary/aromatic N) is 1. The minimum absolute atomic E-state index is 0.0720. The Kier molecular flexibility index (Phi) is 4.92. The van der Waals surface area contributed by atoms with Gasteiger partial charge in [-0.2, -0.15) is 0 Å². The second-order valence-corrected chi connectivity index (χ2v) is 4.78. The number of nitrogens with two attached hydrogens (primary N) is 1. The van der Waals surface area contributed by atoms with Crippen molar-refractivity contribution in [2.24, 2.45) is 16.3 Å². The van der Waals surface area contributed by atoms with E-state index in [2.05, 4.69) is 10.5 Å². The molecule has 5 nitrogen and oxygen atoms in total. The van der Waals surface area contributed by atoms with E-state index in [1.54, 1.807) is 6.92 Å². The molecule has 104 valence electrons. The van der Waals surface area contributed by atoms with E-state index < -0.39 is 5.41 Å². The number of hydrogen-bond acceptors (Lipinski definition) is 3. The smallest absolute Gasteiger partial charge is 0.233 e. The molecule has 1 atom stereocenters. The van der Waals surface area contributed by atoms with Crippen molar-refractivity contribution in [2.75, 3.05) is 0 Å². The first-order valence-corrected chi connectivity index (χ1v) is 6.26. The third-order valence-corrected chi connectivity index (χ3v) is 3.58. The molecule has 0 heterocycles. The molecule has 1 rings (SSSR count). The lowest BCUT2D eigenvalue weighted by molar-refractivity contribution is -0.127. The lowest BCUT2D eigenvalue weighted by atomic mass is 9.85. The number of rotatable bonds is 5. The number of hydrogen-bond donors (Lipinski definition) is 3. The molecule has 0 aromatic heterocycles. The summed E-state index contributed by atoms with van der Waals surface area (Å²) in [6.45, 7) is 5.91. The Bertz CT molecular complexity index is 485. The molecule has 0 saturated carbocycles. The van der Waals surface area contributed by atoms with Gasteiger partial charge in [-0.3, -0.25) is 4.79 Å². The molecule has 0 aliphatic carbocycles. The first-order chi connectivity index (χ1) is 8.95. The van der Waals surface area contributed by atoms with Crippen LogP contribution in [0.3, 0.4) is 0 Å². The summed E-state index contributed by atoms with van der Waals surface area (Å²) in [6, 6.07) is 7.83. The minimum atomic E-state index is -0.989. The van der Waals surface area contributed by atoms with Gasteiger partial charge in [0.15, 0.2) is 5.84 Å². The Morgan fingerprint density at radius 1 is 1.47 bits per heavy atom. The fourth-order valence-corrected chi connectivity index (χ4v) is 1.75. The number of carbonyl (C=O) groups is 1. The fraction of sp³-hybridized carbons (Fsp3) is 0.429. The highest BCUT2D eigenvalue weighted by Crippen LogP contribution is 2.21. The zero-order chi connectivity index (χ0) is 14.5. The van der Waals surface area contributed by atoms with Crippen LogP contribution in [0.1, 0.15) is 31.4 Å². The molecule has 1 aromatic carbocycles. The van der Waals surface area contributed by atoms with Crippen LogP contribution in [-0.4, -0.2) is 17.0 Å². The molecule has 1 unspecified atom stereocenters. The van der Waals surface area contributed by atoms with Crippen LogP contribution >= 0.6 is 0 Å². The maximum absolute atomic E-state index is 12.2. The number of benzene rings is 1. The van der Waals surface area contributed by atoms with Gasteiger partial charge in [0, 0.05) is 6.54 Å². The van der Waals surface area contributed by atoms with Crippen LogP contribution in [0.5, 0.6) is 0 Å². The summed E-state index contributed by atoms with van der Waals surface area (Å²) < 4.78 is 0. The van der Waals surface area contributed by atoms with Crippen molar-refractivity contribution < 1.29 is 10.0 Å². The van der Waals surface area contributed by atoms with Crippen molar-refractivity contribution in [3.05, 3.63) is 35.4 Å². The van der Waals surface area contributed by atoms with Gasteiger partial charge in [-0.25, -0.2) is 0 Å². The highest BCUT2D eigenvalue weighted by atomic mass is 16.4. The van der Waals surface area contributed by atoms with Crippen LogP contribution in [0.15, 0.2) is 29.4 Å². The Labute approximate surface area is 113 Å². The Hall–Kier alpha value is -2.04.